The van der Waals surface area contributed by atoms with Crippen LogP contribution in [0.4, 0.5) is 11.4 Å². The average molecular weight is 713 g/mol. The minimum Gasteiger partial charge on any atom is -0.459 e. The lowest BCUT2D eigenvalue weighted by Crippen LogP contribution is -2.18. The molecule has 0 radical (unpaired) electrons. The second kappa shape index (κ2) is 26.1. The lowest BCUT2D eigenvalue weighted by molar-refractivity contribution is 0.0250. The second-order valence-corrected chi connectivity index (χ2v) is 14.8. The predicted octanol–water partition coefficient (Wildman–Crippen LogP) is 16.1. The fraction of sp³-hybridized carbons (Fsp3) is 0.595. The summed E-state index contributed by atoms with van der Waals surface area (Å²) in [5, 5.41) is 7.39. The highest BCUT2D eigenvalue weighted by molar-refractivity contribution is 7.19. The van der Waals surface area contributed by atoms with Crippen LogP contribution < -0.4 is 0 Å². The first-order valence-electron chi connectivity index (χ1n) is 19.8. The Balaban J connectivity index is 1.68. The number of nitrogens with zero attached hydrogens (tertiary/aromatic N) is 6. The summed E-state index contributed by atoms with van der Waals surface area (Å²) >= 11 is 1.52. The molecule has 8 nitrogen and oxygen atoms in total. The Morgan fingerprint density at radius 3 is 1.41 bits per heavy atom. The van der Waals surface area contributed by atoms with E-state index in [1.165, 1.54) is 127 Å². The minimum atomic E-state index is -0.290. The summed E-state index contributed by atoms with van der Waals surface area (Å²) in [6.07, 6.45) is 27.3. The van der Waals surface area contributed by atoms with E-state index < -0.39 is 0 Å². The summed E-state index contributed by atoms with van der Waals surface area (Å²) < 4.78 is 6.37. The summed E-state index contributed by atoms with van der Waals surface area (Å²) in [6.45, 7) is 4.53. The summed E-state index contributed by atoms with van der Waals surface area (Å²) in [5.74, 6) is -0.290. The van der Waals surface area contributed by atoms with Crippen molar-refractivity contribution in [1.82, 2.24) is 0 Å². The topological polar surface area (TPSA) is 124 Å². The molecule has 9 heteroatoms. The van der Waals surface area contributed by atoms with E-state index in [2.05, 4.69) is 33.9 Å². The fourth-order valence-corrected chi connectivity index (χ4v) is 7.73. The Kier molecular flexibility index (Phi) is 21.3. The van der Waals surface area contributed by atoms with E-state index in [1.807, 2.05) is 30.3 Å². The monoisotopic (exact) mass is 712 g/mol. The first-order valence-corrected chi connectivity index (χ1v) is 20.6. The number of thiophene rings is 1. The predicted molar refractivity (Wildman–Crippen MR) is 215 cm³/mol. The highest BCUT2D eigenvalue weighted by Crippen LogP contribution is 2.40. The highest BCUT2D eigenvalue weighted by Gasteiger charge is 2.23. The van der Waals surface area contributed by atoms with Crippen LogP contribution in [0.2, 0.25) is 0 Å². The van der Waals surface area contributed by atoms with Crippen molar-refractivity contribution in [3.8, 4) is 20.9 Å². The van der Waals surface area contributed by atoms with E-state index in [9.17, 15) is 4.79 Å². The molecule has 1 aromatic heterocycles. The van der Waals surface area contributed by atoms with Gasteiger partial charge in [0.25, 0.3) is 0 Å². The van der Waals surface area contributed by atoms with Crippen LogP contribution in [0.15, 0.2) is 64.8 Å². The molecule has 0 N–H and O–H groups in total. The molecule has 0 aliphatic heterocycles. The summed E-state index contributed by atoms with van der Waals surface area (Å²) in [6, 6.07) is 16.6. The smallest absolute Gasteiger partial charge is 0.339 e. The standard InChI is InChI=1S/C42H60N6O2S/c1-3-5-7-9-11-13-15-17-19-21-23-38(24-22-20-18-16-14-12-10-8-6-4-2)50-42(49)39-33-40(34-25-29-36(30-26-34)45-47-43)51-41(39)35-27-31-37(32-28-35)46-48-44/h25-33,38H,3-24H2,1-2H3. The van der Waals surface area contributed by atoms with Gasteiger partial charge in [-0.25, -0.2) is 4.79 Å². The molecule has 0 saturated carbocycles. The van der Waals surface area contributed by atoms with Gasteiger partial charge in [-0.15, -0.1) is 11.3 Å². The van der Waals surface area contributed by atoms with Crippen molar-refractivity contribution >= 4 is 28.7 Å². The number of carbonyl (C=O) groups is 1. The highest BCUT2D eigenvalue weighted by atomic mass is 32.1. The Labute approximate surface area is 310 Å². The Hall–Kier alpha value is -3.77. The number of hydrogen-bond acceptors (Lipinski definition) is 5. The Morgan fingerprint density at radius 1 is 0.608 bits per heavy atom. The lowest BCUT2D eigenvalue weighted by Gasteiger charge is -2.18. The zero-order chi connectivity index (χ0) is 36.4. The van der Waals surface area contributed by atoms with Crippen molar-refractivity contribution in [1.29, 1.82) is 0 Å². The average Bonchev–Trinajstić information content (AvgIpc) is 3.60. The molecule has 0 amide bonds. The normalized spacial score (nSPS) is 11.0. The Morgan fingerprint density at radius 2 is 1.00 bits per heavy atom. The van der Waals surface area contributed by atoms with E-state index in [4.69, 9.17) is 15.8 Å². The molecule has 51 heavy (non-hydrogen) atoms. The summed E-state index contributed by atoms with van der Waals surface area (Å²) in [4.78, 5) is 21.5. The summed E-state index contributed by atoms with van der Waals surface area (Å²) in [7, 11) is 0. The van der Waals surface area contributed by atoms with Gasteiger partial charge >= 0.3 is 5.97 Å². The van der Waals surface area contributed by atoms with Crippen molar-refractivity contribution in [2.75, 3.05) is 0 Å². The van der Waals surface area contributed by atoms with E-state index in [0.717, 1.165) is 46.6 Å². The van der Waals surface area contributed by atoms with Crippen LogP contribution in [-0.4, -0.2) is 12.1 Å². The number of esters is 1. The molecule has 0 atom stereocenters. The molecule has 0 aliphatic rings. The van der Waals surface area contributed by atoms with Crippen LogP contribution in [0, 0.1) is 0 Å². The van der Waals surface area contributed by atoms with Gasteiger partial charge < -0.3 is 4.74 Å². The third-order valence-corrected chi connectivity index (χ3v) is 10.8. The van der Waals surface area contributed by atoms with E-state index >= 15 is 0 Å². The number of hydrogen-bond donors (Lipinski definition) is 0. The van der Waals surface area contributed by atoms with Gasteiger partial charge in [0.2, 0.25) is 0 Å². The molecule has 3 rings (SSSR count). The Bertz CT molecular complexity index is 1470. The van der Waals surface area contributed by atoms with Crippen molar-refractivity contribution in [3.63, 3.8) is 0 Å². The van der Waals surface area contributed by atoms with E-state index in [-0.39, 0.29) is 12.1 Å². The van der Waals surface area contributed by atoms with Crippen LogP contribution in [0.1, 0.15) is 165 Å². The number of azide groups is 2. The number of rotatable bonds is 28. The quantitative estimate of drug-likeness (QED) is 0.0244. The van der Waals surface area contributed by atoms with Crippen LogP contribution in [0.5, 0.6) is 0 Å². The lowest BCUT2D eigenvalue weighted by atomic mass is 10.0. The van der Waals surface area contributed by atoms with E-state index in [1.54, 1.807) is 24.3 Å². The molecule has 3 aromatic rings. The zero-order valence-electron chi connectivity index (χ0n) is 31.2. The van der Waals surface area contributed by atoms with Gasteiger partial charge in [-0.2, -0.15) is 0 Å². The number of carbonyl (C=O) groups excluding carboxylic acids is 1. The second-order valence-electron chi connectivity index (χ2n) is 13.8. The third kappa shape index (κ3) is 16.4. The van der Waals surface area contributed by atoms with Crippen molar-refractivity contribution < 1.29 is 9.53 Å². The molecular weight excluding hydrogens is 653 g/mol. The fourth-order valence-electron chi connectivity index (χ4n) is 6.57. The van der Waals surface area contributed by atoms with Crippen molar-refractivity contribution in [3.05, 3.63) is 81.0 Å². The van der Waals surface area contributed by atoms with Gasteiger partial charge in [-0.3, -0.25) is 0 Å². The van der Waals surface area contributed by atoms with Gasteiger partial charge in [0, 0.05) is 31.0 Å². The van der Waals surface area contributed by atoms with Gasteiger partial charge in [-0.1, -0.05) is 188 Å². The number of benzene rings is 2. The maximum atomic E-state index is 14.0. The van der Waals surface area contributed by atoms with Gasteiger partial charge in [0.1, 0.15) is 6.10 Å². The molecule has 0 spiro atoms. The molecule has 0 unspecified atom stereocenters. The van der Waals surface area contributed by atoms with Crippen LogP contribution in [0.3, 0.4) is 0 Å². The third-order valence-electron chi connectivity index (χ3n) is 9.59. The largest absolute Gasteiger partial charge is 0.459 e. The van der Waals surface area contributed by atoms with Gasteiger partial charge in [0.15, 0.2) is 0 Å². The molecule has 0 saturated heterocycles. The molecule has 0 bridgehead atoms. The molecular formula is C42H60N6O2S. The minimum absolute atomic E-state index is 0.104. The molecule has 0 aliphatic carbocycles. The first-order chi connectivity index (χ1) is 25.1. The van der Waals surface area contributed by atoms with E-state index in [0.29, 0.717) is 16.9 Å². The summed E-state index contributed by atoms with van der Waals surface area (Å²) in [5.41, 5.74) is 21.1. The van der Waals surface area contributed by atoms with Crippen LogP contribution >= 0.6 is 11.3 Å². The SMILES string of the molecule is CCCCCCCCCCCCC(CCCCCCCCCCCC)OC(=O)c1cc(-c2ccc(N=[N+]=[N-])cc2)sc1-c1ccc(N=[N+]=[N-])cc1. The molecule has 2 aromatic carbocycles. The molecule has 1 heterocycles. The maximum Gasteiger partial charge on any atom is 0.339 e. The van der Waals surface area contributed by atoms with Gasteiger partial charge in [-0.05, 0) is 53.9 Å². The van der Waals surface area contributed by atoms with Crippen molar-refractivity contribution in [2.45, 2.75) is 161 Å². The zero-order valence-corrected chi connectivity index (χ0v) is 32.1. The maximum absolute atomic E-state index is 14.0. The number of unbranched alkanes of at least 4 members (excludes halogenated alkanes) is 18. The van der Waals surface area contributed by atoms with Crippen molar-refractivity contribution in [2.24, 2.45) is 10.2 Å². The van der Waals surface area contributed by atoms with Crippen LogP contribution in [-0.2, 0) is 4.74 Å². The first kappa shape index (κ1) is 41.6. The van der Waals surface area contributed by atoms with Gasteiger partial charge in [0.05, 0.1) is 5.56 Å². The molecule has 276 valence electrons. The molecule has 0 fully saturated rings. The number of ether oxygens (including phenoxy) is 1. The van der Waals surface area contributed by atoms with Crippen LogP contribution in [0.25, 0.3) is 41.8 Å².